The first-order valence-corrected chi connectivity index (χ1v) is 9.28. The van der Waals surface area contributed by atoms with Gasteiger partial charge in [-0.2, -0.15) is 0 Å². The number of fused-ring (bicyclic) bond motifs is 1. The van der Waals surface area contributed by atoms with E-state index in [9.17, 15) is 10.1 Å². The zero-order valence-electron chi connectivity index (χ0n) is 16.1. The van der Waals surface area contributed by atoms with Gasteiger partial charge in [-0.3, -0.25) is 10.1 Å². The summed E-state index contributed by atoms with van der Waals surface area (Å²) in [6.45, 7) is 4.45. The van der Waals surface area contributed by atoms with E-state index in [-0.39, 0.29) is 16.0 Å². The quantitative estimate of drug-likeness (QED) is 0.379. The lowest BCUT2D eigenvalue weighted by molar-refractivity contribution is -0.384. The van der Waals surface area contributed by atoms with E-state index in [1.165, 1.54) is 16.3 Å². The van der Waals surface area contributed by atoms with E-state index in [1.807, 2.05) is 24.3 Å². The summed E-state index contributed by atoms with van der Waals surface area (Å²) in [5.74, 6) is 0.895. The molecule has 0 aromatic heterocycles. The van der Waals surface area contributed by atoms with Crippen molar-refractivity contribution in [3.05, 3.63) is 81.9 Å². The number of benzene rings is 3. The van der Waals surface area contributed by atoms with Gasteiger partial charge in [0.05, 0.1) is 12.0 Å². The molecule has 0 N–H and O–H groups in total. The van der Waals surface area contributed by atoms with Gasteiger partial charge < -0.3 is 4.74 Å². The van der Waals surface area contributed by atoms with Crippen LogP contribution in [0.5, 0.6) is 5.75 Å². The predicted octanol–water partition coefficient (Wildman–Crippen LogP) is 6.06. The normalized spacial score (nSPS) is 13.3. The molecule has 0 radical (unpaired) electrons. The lowest BCUT2D eigenvalue weighted by Gasteiger charge is -2.33. The lowest BCUT2D eigenvalue weighted by atomic mass is 9.72. The Balaban J connectivity index is 2.11. The van der Waals surface area contributed by atoms with Crippen molar-refractivity contribution in [2.24, 2.45) is 0 Å². The van der Waals surface area contributed by atoms with Gasteiger partial charge in [0.2, 0.25) is 0 Å². The fourth-order valence-corrected chi connectivity index (χ4v) is 4.08. The topological polar surface area (TPSA) is 52.4 Å². The minimum Gasteiger partial charge on any atom is -0.496 e. The molecule has 0 aliphatic carbocycles. The Morgan fingerprint density at radius 3 is 2.37 bits per heavy atom. The molecule has 0 saturated carbocycles. The van der Waals surface area contributed by atoms with Gasteiger partial charge in [-0.25, -0.2) is 0 Å². The molecule has 0 bridgehead atoms. The molecule has 0 spiro atoms. The molecule has 1 atom stereocenters. The fraction of sp³-hybridized carbons (Fsp3) is 0.304. The van der Waals surface area contributed by atoms with Crippen LogP contribution in [-0.4, -0.2) is 12.0 Å². The van der Waals surface area contributed by atoms with Crippen molar-refractivity contribution in [1.82, 2.24) is 0 Å². The van der Waals surface area contributed by atoms with Crippen molar-refractivity contribution in [2.75, 3.05) is 7.11 Å². The van der Waals surface area contributed by atoms with Crippen molar-refractivity contribution in [1.29, 1.82) is 0 Å². The zero-order valence-corrected chi connectivity index (χ0v) is 16.1. The van der Waals surface area contributed by atoms with E-state index in [0.717, 1.165) is 30.6 Å². The van der Waals surface area contributed by atoms with Crippen LogP contribution in [0.1, 0.15) is 37.8 Å². The van der Waals surface area contributed by atoms with E-state index in [0.29, 0.717) is 0 Å². The summed E-state index contributed by atoms with van der Waals surface area (Å²) < 4.78 is 5.74. The molecule has 140 valence electrons. The van der Waals surface area contributed by atoms with Gasteiger partial charge in [0.15, 0.2) is 0 Å². The summed E-state index contributed by atoms with van der Waals surface area (Å²) in [5.41, 5.74) is 2.28. The maximum atomic E-state index is 10.9. The molecule has 3 aromatic carbocycles. The SMILES string of the molecule is CCCC(C)(Cc1ccc([N+](=O)[O-])cc1)c1c(OC)ccc2ccccc12. The van der Waals surface area contributed by atoms with E-state index < -0.39 is 0 Å². The van der Waals surface area contributed by atoms with Crippen LogP contribution < -0.4 is 4.74 Å². The van der Waals surface area contributed by atoms with E-state index in [2.05, 4.69) is 38.1 Å². The number of nitro benzene ring substituents is 1. The molecule has 0 aliphatic heterocycles. The van der Waals surface area contributed by atoms with Crippen LogP contribution in [0.15, 0.2) is 60.7 Å². The molecule has 1 unspecified atom stereocenters. The van der Waals surface area contributed by atoms with Gasteiger partial charge >= 0.3 is 0 Å². The van der Waals surface area contributed by atoms with Crippen LogP contribution in [-0.2, 0) is 11.8 Å². The van der Waals surface area contributed by atoms with Crippen LogP contribution >= 0.6 is 0 Å². The average molecular weight is 363 g/mol. The Labute approximate surface area is 159 Å². The maximum Gasteiger partial charge on any atom is 0.269 e. The Morgan fingerprint density at radius 2 is 1.74 bits per heavy atom. The molecule has 3 rings (SSSR count). The summed E-state index contributed by atoms with van der Waals surface area (Å²) in [4.78, 5) is 10.6. The molecule has 0 heterocycles. The van der Waals surface area contributed by atoms with Gasteiger partial charge in [-0.05, 0) is 35.2 Å². The molecule has 0 saturated heterocycles. The molecular formula is C23H25NO3. The maximum absolute atomic E-state index is 10.9. The molecule has 4 nitrogen and oxygen atoms in total. The highest BCUT2D eigenvalue weighted by molar-refractivity contribution is 5.89. The third-order valence-electron chi connectivity index (χ3n) is 5.26. The Hall–Kier alpha value is -2.88. The third kappa shape index (κ3) is 3.80. The monoisotopic (exact) mass is 363 g/mol. The second-order valence-electron chi connectivity index (χ2n) is 7.27. The standard InChI is InChI=1S/C23H25NO3/c1-4-15-23(2,16-17-9-12-19(13-10-17)24(25)26)22-20-8-6-5-7-18(20)11-14-21(22)27-3/h5-14H,4,15-16H2,1-3H3. The van der Waals surface area contributed by atoms with Gasteiger partial charge in [-0.1, -0.05) is 62.7 Å². The van der Waals surface area contributed by atoms with Crippen LogP contribution in [0.4, 0.5) is 5.69 Å². The molecule has 27 heavy (non-hydrogen) atoms. The van der Waals surface area contributed by atoms with Crippen molar-refractivity contribution in [3.8, 4) is 5.75 Å². The zero-order chi connectivity index (χ0) is 19.4. The number of nitrogens with zero attached hydrogens (tertiary/aromatic N) is 1. The van der Waals surface area contributed by atoms with E-state index in [4.69, 9.17) is 4.74 Å². The predicted molar refractivity (Wildman–Crippen MR) is 110 cm³/mol. The fourth-order valence-electron chi connectivity index (χ4n) is 4.08. The minimum atomic E-state index is -0.358. The smallest absolute Gasteiger partial charge is 0.269 e. The number of non-ortho nitro benzene ring substituents is 1. The highest BCUT2D eigenvalue weighted by Crippen LogP contribution is 2.42. The summed E-state index contributed by atoms with van der Waals surface area (Å²) in [5, 5.41) is 13.3. The first-order chi connectivity index (χ1) is 13.0. The third-order valence-corrected chi connectivity index (χ3v) is 5.26. The largest absolute Gasteiger partial charge is 0.496 e. The molecule has 0 aliphatic rings. The Bertz CT molecular complexity index is 949. The average Bonchev–Trinajstić information content (AvgIpc) is 2.67. The summed E-state index contributed by atoms with van der Waals surface area (Å²) in [6, 6.07) is 19.4. The van der Waals surface area contributed by atoms with Crippen molar-refractivity contribution in [2.45, 2.75) is 38.5 Å². The van der Waals surface area contributed by atoms with Crippen LogP contribution in [0.2, 0.25) is 0 Å². The Morgan fingerprint density at radius 1 is 1.04 bits per heavy atom. The van der Waals surface area contributed by atoms with Gasteiger partial charge in [0, 0.05) is 23.1 Å². The number of nitro groups is 1. The Kier molecular flexibility index (Phi) is 5.45. The lowest BCUT2D eigenvalue weighted by Crippen LogP contribution is -2.26. The van der Waals surface area contributed by atoms with Gasteiger partial charge in [-0.15, -0.1) is 0 Å². The van der Waals surface area contributed by atoms with Crippen LogP contribution in [0.25, 0.3) is 10.8 Å². The molecule has 3 aromatic rings. The summed E-state index contributed by atoms with van der Waals surface area (Å²) in [6.07, 6.45) is 2.83. The molecule has 4 heteroatoms. The van der Waals surface area contributed by atoms with Crippen molar-refractivity contribution >= 4 is 16.5 Å². The highest BCUT2D eigenvalue weighted by atomic mass is 16.6. The first kappa shape index (κ1) is 18.9. The summed E-state index contributed by atoms with van der Waals surface area (Å²) in [7, 11) is 1.71. The minimum absolute atomic E-state index is 0.124. The number of ether oxygens (including phenoxy) is 1. The summed E-state index contributed by atoms with van der Waals surface area (Å²) >= 11 is 0. The van der Waals surface area contributed by atoms with E-state index >= 15 is 0 Å². The molecule has 0 fully saturated rings. The van der Waals surface area contributed by atoms with Crippen molar-refractivity contribution in [3.63, 3.8) is 0 Å². The highest BCUT2D eigenvalue weighted by Gasteiger charge is 2.31. The number of methoxy groups -OCH3 is 1. The number of hydrogen-bond acceptors (Lipinski definition) is 3. The number of hydrogen-bond donors (Lipinski definition) is 0. The first-order valence-electron chi connectivity index (χ1n) is 9.28. The van der Waals surface area contributed by atoms with Crippen LogP contribution in [0.3, 0.4) is 0 Å². The molecular weight excluding hydrogens is 338 g/mol. The second-order valence-corrected chi connectivity index (χ2v) is 7.27. The van der Waals surface area contributed by atoms with E-state index in [1.54, 1.807) is 19.2 Å². The second kappa shape index (κ2) is 7.78. The van der Waals surface area contributed by atoms with Gasteiger partial charge in [0.1, 0.15) is 5.75 Å². The van der Waals surface area contributed by atoms with Gasteiger partial charge in [0.25, 0.3) is 5.69 Å². The number of rotatable bonds is 7. The van der Waals surface area contributed by atoms with Crippen molar-refractivity contribution < 1.29 is 9.66 Å². The molecule has 0 amide bonds. The van der Waals surface area contributed by atoms with Crippen LogP contribution in [0, 0.1) is 10.1 Å².